The van der Waals surface area contributed by atoms with Gasteiger partial charge in [0.15, 0.2) is 0 Å². The second kappa shape index (κ2) is 34.3. The molecule has 0 aromatic rings. The quantitative estimate of drug-likeness (QED) is 0.0500. The highest BCUT2D eigenvalue weighted by molar-refractivity contribution is 8.24. The van der Waals surface area contributed by atoms with E-state index in [1.807, 2.05) is 0 Å². The van der Waals surface area contributed by atoms with Gasteiger partial charge >= 0.3 is 3.41 Å². The SMILES string of the molecule is CCCCCCCCCC(S(=O)(=O)NCCCCCCCCCC#N)(S(=O)(=O)NCCCCCCCCCC#N)S(=O)(=O)NCCCCCCCCCC#N. The molecule has 15 heteroatoms. The van der Waals surface area contributed by atoms with Crippen molar-refractivity contribution < 1.29 is 25.3 Å². The fourth-order valence-electron chi connectivity index (χ4n) is 6.72. The van der Waals surface area contributed by atoms with Gasteiger partial charge in [-0.25, -0.2) is 39.4 Å². The molecule has 0 saturated carbocycles. The summed E-state index contributed by atoms with van der Waals surface area (Å²) >= 11 is 0. The van der Waals surface area contributed by atoms with E-state index in [9.17, 15) is 25.3 Å². The molecule has 12 nitrogen and oxygen atoms in total. The van der Waals surface area contributed by atoms with E-state index in [4.69, 9.17) is 15.8 Å². The van der Waals surface area contributed by atoms with Crippen LogP contribution in [0.5, 0.6) is 0 Å². The molecule has 0 atom stereocenters. The minimum Gasteiger partial charge on any atom is -0.213 e. The van der Waals surface area contributed by atoms with E-state index in [-0.39, 0.29) is 26.1 Å². The van der Waals surface area contributed by atoms with Gasteiger partial charge in [0.1, 0.15) is 0 Å². The highest BCUT2D eigenvalue weighted by Gasteiger charge is 2.64. The number of hydrogen-bond acceptors (Lipinski definition) is 9. The smallest absolute Gasteiger partial charge is 0.213 e. The van der Waals surface area contributed by atoms with Crippen molar-refractivity contribution in [2.75, 3.05) is 19.6 Å². The molecule has 55 heavy (non-hydrogen) atoms. The van der Waals surface area contributed by atoms with E-state index in [1.54, 1.807) is 0 Å². The van der Waals surface area contributed by atoms with Gasteiger partial charge in [-0.15, -0.1) is 0 Å². The largest absolute Gasteiger partial charge is 0.313 e. The molecule has 0 aliphatic heterocycles. The van der Waals surface area contributed by atoms with Gasteiger partial charge in [-0.1, -0.05) is 142 Å². The minimum absolute atomic E-state index is 0.0662. The Bertz CT molecular complexity index is 1250. The van der Waals surface area contributed by atoms with Crippen LogP contribution in [0.25, 0.3) is 0 Å². The minimum atomic E-state index is -4.96. The van der Waals surface area contributed by atoms with Gasteiger partial charge in [-0.05, 0) is 44.9 Å². The molecule has 0 rings (SSSR count). The van der Waals surface area contributed by atoms with E-state index in [1.165, 1.54) is 0 Å². The lowest BCUT2D eigenvalue weighted by Crippen LogP contribution is -2.63. The highest BCUT2D eigenvalue weighted by atomic mass is 32.3. The standard InChI is InChI=1S/C40H76N6O6S3/c1-2-3-4-5-12-19-26-33-40(53(47,48)44-37-30-23-16-9-6-13-20-27-34-41,54(49,50)45-38-31-24-17-10-7-14-21-28-35-42)55(51,52)46-39-32-25-18-11-8-15-22-29-36-43/h44-46H,2-33,37-39H2,1H3. The third-order valence-electron chi connectivity index (χ3n) is 10.1. The Morgan fingerprint density at radius 2 is 0.600 bits per heavy atom. The molecule has 0 saturated heterocycles. The summed E-state index contributed by atoms with van der Waals surface area (Å²) in [6.07, 6.45) is 23.7. The third-order valence-corrected chi connectivity index (χ3v) is 18.9. The second-order valence-electron chi connectivity index (χ2n) is 14.9. The summed E-state index contributed by atoms with van der Waals surface area (Å²) in [7, 11) is -14.9. The molecule has 0 aliphatic carbocycles. The summed E-state index contributed by atoms with van der Waals surface area (Å²) in [4.78, 5) is 0. The molecule has 0 aliphatic rings. The Labute approximate surface area is 337 Å². The van der Waals surface area contributed by atoms with Crippen molar-refractivity contribution in [1.82, 2.24) is 14.2 Å². The van der Waals surface area contributed by atoms with Crippen molar-refractivity contribution in [1.29, 1.82) is 15.8 Å². The van der Waals surface area contributed by atoms with E-state index >= 15 is 0 Å². The molecular weight excluding hydrogens is 757 g/mol. The van der Waals surface area contributed by atoms with Gasteiger partial charge < -0.3 is 0 Å². The zero-order valence-corrected chi connectivity index (χ0v) is 36.7. The highest BCUT2D eigenvalue weighted by Crippen LogP contribution is 2.36. The molecule has 0 aromatic heterocycles. The fraction of sp³-hybridized carbons (Fsp3) is 0.925. The Hall–Kier alpha value is -1.80. The summed E-state index contributed by atoms with van der Waals surface area (Å²) in [5.74, 6) is 0. The van der Waals surface area contributed by atoms with Crippen LogP contribution in [-0.2, 0) is 30.1 Å². The van der Waals surface area contributed by atoms with E-state index < -0.39 is 39.9 Å². The van der Waals surface area contributed by atoms with Crippen molar-refractivity contribution in [2.24, 2.45) is 0 Å². The maximum atomic E-state index is 14.3. The molecular formula is C40H76N6O6S3. The fourth-order valence-corrected chi connectivity index (χ4v) is 14.4. The van der Waals surface area contributed by atoms with Crippen LogP contribution in [0.1, 0.15) is 212 Å². The summed E-state index contributed by atoms with van der Waals surface area (Å²) in [5.41, 5.74) is 0. The molecule has 0 heterocycles. The Morgan fingerprint density at radius 1 is 0.364 bits per heavy atom. The van der Waals surface area contributed by atoms with Gasteiger partial charge in [0.2, 0.25) is 30.1 Å². The van der Waals surface area contributed by atoms with Gasteiger partial charge in [0.25, 0.3) is 0 Å². The maximum Gasteiger partial charge on any atom is 0.313 e. The van der Waals surface area contributed by atoms with E-state index in [2.05, 4.69) is 39.3 Å². The first-order chi connectivity index (χ1) is 26.5. The number of rotatable bonds is 41. The summed E-state index contributed by atoms with van der Waals surface area (Å²) in [6, 6.07) is 6.42. The number of nitrogens with zero attached hydrogens (tertiary/aromatic N) is 3. The average Bonchev–Trinajstić information content (AvgIpc) is 3.14. The van der Waals surface area contributed by atoms with Crippen molar-refractivity contribution in [3.05, 3.63) is 0 Å². The van der Waals surface area contributed by atoms with Crippen molar-refractivity contribution in [2.45, 2.75) is 216 Å². The molecule has 0 aromatic carbocycles. The van der Waals surface area contributed by atoms with Crippen LogP contribution in [0.4, 0.5) is 0 Å². The number of nitriles is 3. The number of unbranched alkanes of at least 4 members (excludes halogenated alkanes) is 27. The first-order valence-corrected chi connectivity index (χ1v) is 26.0. The lowest BCUT2D eigenvalue weighted by Gasteiger charge is -2.33. The first kappa shape index (κ1) is 53.2. The van der Waals surface area contributed by atoms with Crippen LogP contribution in [0.2, 0.25) is 0 Å². The van der Waals surface area contributed by atoms with Crippen LogP contribution in [0, 0.1) is 34.0 Å². The van der Waals surface area contributed by atoms with E-state index in [0.29, 0.717) is 64.2 Å². The summed E-state index contributed by atoms with van der Waals surface area (Å²) in [5, 5.41) is 26.1. The van der Waals surface area contributed by atoms with Gasteiger partial charge in [0, 0.05) is 45.3 Å². The molecule has 0 amide bonds. The van der Waals surface area contributed by atoms with Crippen molar-refractivity contribution in [3.8, 4) is 18.2 Å². The zero-order valence-electron chi connectivity index (χ0n) is 34.3. The van der Waals surface area contributed by atoms with Crippen molar-refractivity contribution in [3.63, 3.8) is 0 Å². The Kier molecular flexibility index (Phi) is 33.1. The predicted octanol–water partition coefficient (Wildman–Crippen LogP) is 9.47. The molecule has 0 unspecified atom stereocenters. The van der Waals surface area contributed by atoms with Crippen LogP contribution >= 0.6 is 0 Å². The van der Waals surface area contributed by atoms with Gasteiger partial charge in [0.05, 0.1) is 18.2 Å². The van der Waals surface area contributed by atoms with Crippen LogP contribution in [-0.4, -0.2) is 48.3 Å². The van der Waals surface area contributed by atoms with Gasteiger partial charge in [-0.2, -0.15) is 15.8 Å². The summed E-state index contributed by atoms with van der Waals surface area (Å²) in [6.45, 7) is 1.91. The summed E-state index contributed by atoms with van der Waals surface area (Å²) < 4.78 is 90.2. The third kappa shape index (κ3) is 23.9. The maximum absolute atomic E-state index is 14.3. The lowest BCUT2D eigenvalue weighted by atomic mass is 10.1. The Balaban J connectivity index is 5.97. The van der Waals surface area contributed by atoms with Gasteiger partial charge in [-0.3, -0.25) is 0 Å². The van der Waals surface area contributed by atoms with Crippen LogP contribution < -0.4 is 14.2 Å². The predicted molar refractivity (Wildman–Crippen MR) is 224 cm³/mol. The normalized spacial score (nSPS) is 12.3. The number of nitrogens with one attached hydrogen (secondary N) is 3. The molecule has 0 spiro atoms. The number of sulfonamides is 3. The molecule has 0 radical (unpaired) electrons. The monoisotopic (exact) mass is 832 g/mol. The lowest BCUT2D eigenvalue weighted by molar-refractivity contribution is 0.502. The van der Waals surface area contributed by atoms with Crippen LogP contribution in [0.15, 0.2) is 0 Å². The zero-order chi connectivity index (χ0) is 41.0. The molecule has 320 valence electrons. The molecule has 0 fully saturated rings. The Morgan fingerprint density at radius 3 is 0.873 bits per heavy atom. The second-order valence-corrected chi connectivity index (χ2v) is 21.6. The first-order valence-electron chi connectivity index (χ1n) is 21.6. The van der Waals surface area contributed by atoms with E-state index in [0.717, 1.165) is 128 Å². The molecule has 3 N–H and O–H groups in total. The average molecular weight is 833 g/mol. The number of hydrogen-bond donors (Lipinski definition) is 3. The van der Waals surface area contributed by atoms with Crippen molar-refractivity contribution >= 4 is 30.1 Å². The topological polar surface area (TPSA) is 210 Å². The molecule has 0 bridgehead atoms. The van der Waals surface area contributed by atoms with Crippen LogP contribution in [0.3, 0.4) is 0 Å².